The van der Waals surface area contributed by atoms with E-state index in [1.807, 2.05) is 11.8 Å². The van der Waals surface area contributed by atoms with Crippen LogP contribution >= 0.6 is 0 Å². The van der Waals surface area contributed by atoms with Crippen LogP contribution in [-0.4, -0.2) is 54.3 Å². The maximum absolute atomic E-state index is 12.2. The van der Waals surface area contributed by atoms with Crippen LogP contribution in [0.25, 0.3) is 0 Å². The zero-order chi connectivity index (χ0) is 18.7. The lowest BCUT2D eigenvalue weighted by molar-refractivity contribution is -0.384. The number of guanidine groups is 1. The van der Waals surface area contributed by atoms with E-state index in [0.717, 1.165) is 5.56 Å². The standard InChI is InChI=1S/C16H24N4O4S/c1-4-17-15(19-8-9-25(23,24)16(2,3)12-19)18-11-13-6-5-7-14(10-13)20(21)22/h5-7,10H,4,8-9,11-12H2,1-3H3,(H,17,18). The molecule has 0 bridgehead atoms. The predicted octanol–water partition coefficient (Wildman–Crippen LogP) is 1.57. The molecule has 1 aliphatic rings. The average molecular weight is 368 g/mol. The van der Waals surface area contributed by atoms with Crippen molar-refractivity contribution in [3.05, 3.63) is 39.9 Å². The van der Waals surface area contributed by atoms with Crippen LogP contribution in [0, 0.1) is 10.1 Å². The SMILES string of the molecule is CCNC(=NCc1cccc([N+](=O)[O-])c1)N1CCS(=O)(=O)C(C)(C)C1. The molecule has 138 valence electrons. The third kappa shape index (κ3) is 4.47. The molecule has 1 fully saturated rings. The number of nitro benzene ring substituents is 1. The van der Waals surface area contributed by atoms with Crippen LogP contribution in [0.2, 0.25) is 0 Å². The van der Waals surface area contributed by atoms with E-state index in [1.54, 1.807) is 26.0 Å². The molecule has 0 radical (unpaired) electrons. The lowest BCUT2D eigenvalue weighted by Crippen LogP contribution is -2.57. The summed E-state index contributed by atoms with van der Waals surface area (Å²) >= 11 is 0. The van der Waals surface area contributed by atoms with Crippen LogP contribution < -0.4 is 5.32 Å². The largest absolute Gasteiger partial charge is 0.357 e. The fraction of sp³-hybridized carbons (Fsp3) is 0.562. The van der Waals surface area contributed by atoms with Crippen molar-refractivity contribution in [2.45, 2.75) is 32.1 Å². The van der Waals surface area contributed by atoms with Crippen molar-refractivity contribution in [3.63, 3.8) is 0 Å². The summed E-state index contributed by atoms with van der Waals surface area (Å²) in [4.78, 5) is 16.9. The fourth-order valence-corrected chi connectivity index (χ4v) is 4.05. The summed E-state index contributed by atoms with van der Waals surface area (Å²) in [5.41, 5.74) is 0.761. The molecular formula is C16H24N4O4S. The van der Waals surface area contributed by atoms with Crippen LogP contribution in [0.4, 0.5) is 5.69 Å². The smallest absolute Gasteiger partial charge is 0.269 e. The number of hydrogen-bond acceptors (Lipinski definition) is 5. The summed E-state index contributed by atoms with van der Waals surface area (Å²) in [5, 5.41) is 14.0. The Morgan fingerprint density at radius 3 is 2.76 bits per heavy atom. The molecule has 9 heteroatoms. The first-order valence-corrected chi connectivity index (χ1v) is 9.80. The van der Waals surface area contributed by atoms with Gasteiger partial charge in [0.15, 0.2) is 15.8 Å². The van der Waals surface area contributed by atoms with Gasteiger partial charge in [0.1, 0.15) is 0 Å². The van der Waals surface area contributed by atoms with Gasteiger partial charge in [-0.3, -0.25) is 10.1 Å². The van der Waals surface area contributed by atoms with E-state index in [2.05, 4.69) is 10.3 Å². The second-order valence-corrected chi connectivity index (χ2v) is 9.34. The Morgan fingerprint density at radius 1 is 1.44 bits per heavy atom. The second kappa shape index (κ2) is 7.38. The topological polar surface area (TPSA) is 105 Å². The van der Waals surface area contributed by atoms with Gasteiger partial charge >= 0.3 is 0 Å². The summed E-state index contributed by atoms with van der Waals surface area (Å²) < 4.78 is 23.5. The van der Waals surface area contributed by atoms with Gasteiger partial charge in [0.2, 0.25) is 0 Å². The normalized spacial score (nSPS) is 19.5. The first kappa shape index (κ1) is 19.2. The predicted molar refractivity (Wildman–Crippen MR) is 97.4 cm³/mol. The monoisotopic (exact) mass is 368 g/mol. The number of sulfone groups is 1. The summed E-state index contributed by atoms with van der Waals surface area (Å²) in [6.45, 7) is 7.06. The highest BCUT2D eigenvalue weighted by molar-refractivity contribution is 7.92. The molecule has 0 unspecified atom stereocenters. The highest BCUT2D eigenvalue weighted by Gasteiger charge is 2.40. The van der Waals surface area contributed by atoms with Crippen molar-refractivity contribution >= 4 is 21.5 Å². The first-order chi connectivity index (χ1) is 11.7. The van der Waals surface area contributed by atoms with Crippen molar-refractivity contribution < 1.29 is 13.3 Å². The van der Waals surface area contributed by atoms with Crippen molar-refractivity contribution in [1.29, 1.82) is 0 Å². The lowest BCUT2D eigenvalue weighted by atomic mass is 10.2. The highest BCUT2D eigenvalue weighted by Crippen LogP contribution is 2.24. The quantitative estimate of drug-likeness (QED) is 0.374. The molecule has 0 aromatic heterocycles. The van der Waals surface area contributed by atoms with Gasteiger partial charge in [-0.25, -0.2) is 13.4 Å². The van der Waals surface area contributed by atoms with E-state index >= 15 is 0 Å². The van der Waals surface area contributed by atoms with E-state index in [4.69, 9.17) is 0 Å². The number of nitrogens with zero attached hydrogens (tertiary/aromatic N) is 3. The van der Waals surface area contributed by atoms with Crippen LogP contribution in [0.3, 0.4) is 0 Å². The summed E-state index contributed by atoms with van der Waals surface area (Å²) in [7, 11) is -3.12. The number of benzene rings is 1. The number of nitro groups is 1. The molecule has 1 aromatic carbocycles. The van der Waals surface area contributed by atoms with E-state index < -0.39 is 19.5 Å². The number of rotatable bonds is 4. The number of nitrogens with one attached hydrogen (secondary N) is 1. The number of aliphatic imine (C=N–C) groups is 1. The molecular weight excluding hydrogens is 344 g/mol. The molecule has 1 heterocycles. The zero-order valence-electron chi connectivity index (χ0n) is 14.7. The minimum atomic E-state index is -3.12. The molecule has 0 atom stereocenters. The molecule has 0 spiro atoms. The van der Waals surface area contributed by atoms with Gasteiger partial charge in [0.25, 0.3) is 5.69 Å². The maximum atomic E-state index is 12.2. The number of non-ortho nitro benzene ring substituents is 1. The molecule has 1 aliphatic heterocycles. The Labute approximate surface area is 148 Å². The van der Waals surface area contributed by atoms with Gasteiger partial charge < -0.3 is 10.2 Å². The zero-order valence-corrected chi connectivity index (χ0v) is 15.5. The second-order valence-electron chi connectivity index (χ2n) is 6.60. The third-order valence-corrected chi connectivity index (χ3v) is 6.74. The Kier molecular flexibility index (Phi) is 5.66. The Balaban J connectivity index is 2.19. The Bertz CT molecular complexity index is 774. The van der Waals surface area contributed by atoms with Crippen LogP contribution in [0.5, 0.6) is 0 Å². The molecule has 1 N–H and O–H groups in total. The molecule has 1 aromatic rings. The Hall–Kier alpha value is -2.16. The Morgan fingerprint density at radius 2 is 2.16 bits per heavy atom. The van der Waals surface area contributed by atoms with Crippen molar-refractivity contribution in [3.8, 4) is 0 Å². The molecule has 25 heavy (non-hydrogen) atoms. The average Bonchev–Trinajstić information content (AvgIpc) is 2.54. The minimum Gasteiger partial charge on any atom is -0.357 e. The summed E-state index contributed by atoms with van der Waals surface area (Å²) in [5.74, 6) is 0.707. The van der Waals surface area contributed by atoms with E-state index in [0.29, 0.717) is 25.6 Å². The van der Waals surface area contributed by atoms with Gasteiger partial charge in [0.05, 0.1) is 22.0 Å². The van der Waals surface area contributed by atoms with E-state index in [-0.39, 0.29) is 18.0 Å². The highest BCUT2D eigenvalue weighted by atomic mass is 32.2. The lowest BCUT2D eigenvalue weighted by Gasteiger charge is -2.39. The van der Waals surface area contributed by atoms with Crippen LogP contribution in [0.1, 0.15) is 26.3 Å². The molecule has 8 nitrogen and oxygen atoms in total. The van der Waals surface area contributed by atoms with Gasteiger partial charge in [-0.2, -0.15) is 0 Å². The summed E-state index contributed by atoms with van der Waals surface area (Å²) in [6, 6.07) is 6.35. The first-order valence-electron chi connectivity index (χ1n) is 8.15. The molecule has 0 aliphatic carbocycles. The van der Waals surface area contributed by atoms with Gasteiger partial charge in [-0.1, -0.05) is 12.1 Å². The van der Waals surface area contributed by atoms with Gasteiger partial charge in [0, 0.05) is 31.8 Å². The fourth-order valence-electron chi connectivity index (χ4n) is 2.68. The molecule has 0 amide bonds. The van der Waals surface area contributed by atoms with Gasteiger partial charge in [-0.15, -0.1) is 0 Å². The van der Waals surface area contributed by atoms with E-state index in [9.17, 15) is 18.5 Å². The molecule has 0 saturated carbocycles. The van der Waals surface area contributed by atoms with Gasteiger partial charge in [-0.05, 0) is 26.3 Å². The third-order valence-electron chi connectivity index (χ3n) is 4.21. The summed E-state index contributed by atoms with van der Waals surface area (Å²) in [6.07, 6.45) is 0. The maximum Gasteiger partial charge on any atom is 0.269 e. The molecule has 2 rings (SSSR count). The van der Waals surface area contributed by atoms with Crippen molar-refractivity contribution in [2.24, 2.45) is 4.99 Å². The minimum absolute atomic E-state index is 0.0305. The van der Waals surface area contributed by atoms with Crippen molar-refractivity contribution in [1.82, 2.24) is 10.2 Å². The number of hydrogen-bond donors (Lipinski definition) is 1. The van der Waals surface area contributed by atoms with E-state index in [1.165, 1.54) is 12.1 Å². The van der Waals surface area contributed by atoms with Crippen molar-refractivity contribution in [2.75, 3.05) is 25.4 Å². The molecule has 1 saturated heterocycles. The van der Waals surface area contributed by atoms with Crippen LogP contribution in [-0.2, 0) is 16.4 Å². The van der Waals surface area contributed by atoms with Crippen LogP contribution in [0.15, 0.2) is 29.3 Å².